The lowest BCUT2D eigenvalue weighted by Gasteiger charge is -2.04. The van der Waals surface area contributed by atoms with Gasteiger partial charge in [-0.2, -0.15) is 5.26 Å². The minimum absolute atomic E-state index is 0.0671. The molecule has 0 saturated heterocycles. The highest BCUT2D eigenvalue weighted by atomic mass is 32.1. The third-order valence-corrected chi connectivity index (χ3v) is 6.14. The summed E-state index contributed by atoms with van der Waals surface area (Å²) in [5, 5.41) is 10.3. The Labute approximate surface area is 165 Å². The molecule has 0 spiro atoms. The summed E-state index contributed by atoms with van der Waals surface area (Å²) in [7, 11) is 0. The number of nitriles is 1. The molecule has 6 nitrogen and oxygen atoms in total. The van der Waals surface area contributed by atoms with Crippen LogP contribution in [0.1, 0.15) is 27.2 Å². The molecule has 0 aliphatic carbocycles. The number of nitrogens with zero attached hydrogens (tertiary/aromatic N) is 4. The predicted molar refractivity (Wildman–Crippen MR) is 110 cm³/mol. The SMILES string of the molecule is Cc1sc2ncn(CC(=O)c3cn(CCC#N)c4ccccc34)c(=O)c2c1C. The molecule has 0 amide bonds. The molecule has 0 saturated carbocycles. The molecule has 0 bridgehead atoms. The van der Waals surface area contributed by atoms with Crippen molar-refractivity contribution in [2.45, 2.75) is 33.4 Å². The van der Waals surface area contributed by atoms with E-state index in [9.17, 15) is 9.59 Å². The maximum Gasteiger partial charge on any atom is 0.262 e. The van der Waals surface area contributed by atoms with Gasteiger partial charge in [0, 0.05) is 34.1 Å². The van der Waals surface area contributed by atoms with E-state index >= 15 is 0 Å². The molecule has 0 aliphatic heterocycles. The van der Waals surface area contributed by atoms with Gasteiger partial charge in [0.15, 0.2) is 5.78 Å². The summed E-state index contributed by atoms with van der Waals surface area (Å²) in [6, 6.07) is 9.74. The van der Waals surface area contributed by atoms with Crippen LogP contribution < -0.4 is 5.56 Å². The van der Waals surface area contributed by atoms with Crippen molar-refractivity contribution in [2.75, 3.05) is 0 Å². The Morgan fingerprint density at radius 3 is 2.82 bits per heavy atom. The molecule has 0 atom stereocenters. The second kappa shape index (κ2) is 7.06. The quantitative estimate of drug-likeness (QED) is 0.485. The number of rotatable bonds is 5. The van der Waals surface area contributed by atoms with Crippen molar-refractivity contribution in [2.24, 2.45) is 0 Å². The molecule has 0 unspecified atom stereocenters. The number of para-hydroxylation sites is 1. The summed E-state index contributed by atoms with van der Waals surface area (Å²) in [6.07, 6.45) is 3.59. The first-order valence-corrected chi connectivity index (χ1v) is 9.76. The van der Waals surface area contributed by atoms with Crippen LogP contribution in [0.5, 0.6) is 0 Å². The molecule has 3 aromatic heterocycles. The first kappa shape index (κ1) is 18.1. The topological polar surface area (TPSA) is 80.7 Å². The van der Waals surface area contributed by atoms with E-state index in [1.807, 2.05) is 42.7 Å². The smallest absolute Gasteiger partial charge is 0.262 e. The Kier molecular flexibility index (Phi) is 4.57. The summed E-state index contributed by atoms with van der Waals surface area (Å²) in [4.78, 5) is 32.0. The zero-order chi connectivity index (χ0) is 19.8. The van der Waals surface area contributed by atoms with Crippen LogP contribution in [0.3, 0.4) is 0 Å². The third kappa shape index (κ3) is 2.92. The number of Topliss-reactive ketones (excluding diaryl/α,β-unsaturated/α-hetero) is 1. The van der Waals surface area contributed by atoms with Gasteiger partial charge < -0.3 is 4.57 Å². The van der Waals surface area contributed by atoms with E-state index in [0.717, 1.165) is 21.3 Å². The van der Waals surface area contributed by atoms with E-state index in [-0.39, 0.29) is 17.9 Å². The molecule has 4 aromatic rings. The number of fused-ring (bicyclic) bond motifs is 2. The summed E-state index contributed by atoms with van der Waals surface area (Å²) in [5.41, 5.74) is 2.20. The summed E-state index contributed by atoms with van der Waals surface area (Å²) < 4.78 is 3.30. The third-order valence-electron chi connectivity index (χ3n) is 5.02. The van der Waals surface area contributed by atoms with Crippen LogP contribution in [-0.2, 0) is 13.1 Å². The fourth-order valence-electron chi connectivity index (χ4n) is 3.45. The number of aromatic nitrogens is 3. The molecular formula is C21H18N4O2S. The first-order valence-electron chi connectivity index (χ1n) is 8.94. The molecule has 3 heterocycles. The predicted octanol–water partition coefficient (Wildman–Crippen LogP) is 3.83. The van der Waals surface area contributed by atoms with Crippen LogP contribution >= 0.6 is 11.3 Å². The van der Waals surface area contributed by atoms with E-state index in [0.29, 0.717) is 28.7 Å². The standard InChI is InChI=1S/C21H18N4O2S/c1-13-14(2)28-20-19(13)21(27)25(12-23-20)11-18(26)16-10-24(9-5-8-22)17-7-4-3-6-15(16)17/h3-4,6-7,10,12H,5,9,11H2,1-2H3. The number of hydrogen-bond acceptors (Lipinski definition) is 5. The van der Waals surface area contributed by atoms with Crippen LogP contribution in [0.2, 0.25) is 0 Å². The van der Waals surface area contributed by atoms with Gasteiger partial charge in [-0.3, -0.25) is 14.2 Å². The zero-order valence-corrected chi connectivity index (χ0v) is 16.4. The highest BCUT2D eigenvalue weighted by molar-refractivity contribution is 7.18. The van der Waals surface area contributed by atoms with E-state index in [2.05, 4.69) is 11.1 Å². The fraction of sp³-hybridized carbons (Fsp3) is 0.238. The van der Waals surface area contributed by atoms with Crippen LogP contribution in [-0.4, -0.2) is 19.9 Å². The number of thiophene rings is 1. The highest BCUT2D eigenvalue weighted by Crippen LogP contribution is 2.26. The minimum Gasteiger partial charge on any atom is -0.346 e. The molecule has 140 valence electrons. The van der Waals surface area contributed by atoms with Crippen molar-refractivity contribution < 1.29 is 4.79 Å². The summed E-state index contributed by atoms with van der Waals surface area (Å²) in [6.45, 7) is 4.33. The number of carbonyl (C=O) groups excluding carboxylic acids is 1. The molecule has 0 radical (unpaired) electrons. The minimum atomic E-state index is -0.187. The second-order valence-electron chi connectivity index (χ2n) is 6.73. The molecule has 28 heavy (non-hydrogen) atoms. The number of benzene rings is 1. The van der Waals surface area contributed by atoms with Crippen molar-refractivity contribution in [3.63, 3.8) is 0 Å². The molecular weight excluding hydrogens is 372 g/mol. The molecule has 0 aliphatic rings. The van der Waals surface area contributed by atoms with Gasteiger partial charge in [-0.1, -0.05) is 18.2 Å². The monoisotopic (exact) mass is 390 g/mol. The Bertz CT molecular complexity index is 1320. The number of aryl methyl sites for hydroxylation is 3. The molecule has 0 N–H and O–H groups in total. The van der Waals surface area contributed by atoms with Crippen LogP contribution in [0.25, 0.3) is 21.1 Å². The Hall–Kier alpha value is -3.24. The maximum atomic E-state index is 13.0. The molecule has 4 rings (SSSR count). The van der Waals surface area contributed by atoms with Gasteiger partial charge >= 0.3 is 0 Å². The van der Waals surface area contributed by atoms with E-state index in [4.69, 9.17) is 5.26 Å². The number of hydrogen-bond donors (Lipinski definition) is 0. The average molecular weight is 390 g/mol. The average Bonchev–Trinajstić information content (AvgIpc) is 3.20. The molecule has 1 aromatic carbocycles. The Balaban J connectivity index is 1.74. The maximum absolute atomic E-state index is 13.0. The van der Waals surface area contributed by atoms with E-state index in [1.54, 1.807) is 6.20 Å². The Morgan fingerprint density at radius 2 is 2.04 bits per heavy atom. The number of carbonyl (C=O) groups is 1. The molecule has 7 heteroatoms. The van der Waals surface area contributed by atoms with Gasteiger partial charge in [0.05, 0.1) is 30.7 Å². The van der Waals surface area contributed by atoms with Gasteiger partial charge in [-0.25, -0.2) is 4.98 Å². The van der Waals surface area contributed by atoms with Gasteiger partial charge in [-0.15, -0.1) is 11.3 Å². The Morgan fingerprint density at radius 1 is 1.25 bits per heavy atom. The van der Waals surface area contributed by atoms with E-state index in [1.165, 1.54) is 22.2 Å². The van der Waals surface area contributed by atoms with Crippen molar-refractivity contribution in [1.82, 2.24) is 14.1 Å². The van der Waals surface area contributed by atoms with Crippen LogP contribution in [0.4, 0.5) is 0 Å². The van der Waals surface area contributed by atoms with Crippen LogP contribution in [0, 0.1) is 25.2 Å². The summed E-state index contributed by atoms with van der Waals surface area (Å²) in [5.74, 6) is -0.153. The fourth-order valence-corrected chi connectivity index (χ4v) is 4.43. The zero-order valence-electron chi connectivity index (χ0n) is 15.6. The highest BCUT2D eigenvalue weighted by Gasteiger charge is 2.18. The molecule has 0 fully saturated rings. The van der Waals surface area contributed by atoms with Gasteiger partial charge in [0.1, 0.15) is 4.83 Å². The lowest BCUT2D eigenvalue weighted by molar-refractivity contribution is 0.0972. The van der Waals surface area contributed by atoms with Crippen molar-refractivity contribution in [3.05, 3.63) is 63.1 Å². The normalized spacial score (nSPS) is 11.2. The first-order chi connectivity index (χ1) is 13.5. The van der Waals surface area contributed by atoms with Crippen molar-refractivity contribution >= 4 is 38.2 Å². The lowest BCUT2D eigenvalue weighted by Crippen LogP contribution is -2.24. The summed E-state index contributed by atoms with van der Waals surface area (Å²) >= 11 is 1.49. The van der Waals surface area contributed by atoms with Crippen molar-refractivity contribution in [1.29, 1.82) is 5.26 Å². The van der Waals surface area contributed by atoms with Crippen LogP contribution in [0.15, 0.2) is 41.6 Å². The second-order valence-corrected chi connectivity index (χ2v) is 7.93. The van der Waals surface area contributed by atoms with Gasteiger partial charge in [0.2, 0.25) is 0 Å². The van der Waals surface area contributed by atoms with E-state index < -0.39 is 0 Å². The number of ketones is 1. The van der Waals surface area contributed by atoms with Gasteiger partial charge in [-0.05, 0) is 25.5 Å². The lowest BCUT2D eigenvalue weighted by atomic mass is 10.1. The van der Waals surface area contributed by atoms with Crippen molar-refractivity contribution in [3.8, 4) is 6.07 Å². The largest absolute Gasteiger partial charge is 0.346 e. The van der Waals surface area contributed by atoms with Gasteiger partial charge in [0.25, 0.3) is 5.56 Å².